The van der Waals surface area contributed by atoms with E-state index in [4.69, 9.17) is 0 Å². The number of piperidine rings is 1. The zero-order valence-corrected chi connectivity index (χ0v) is 11.2. The van der Waals surface area contributed by atoms with E-state index >= 15 is 0 Å². The molecule has 3 nitrogen and oxygen atoms in total. The average molecular weight is 290 g/mol. The van der Waals surface area contributed by atoms with Crippen molar-refractivity contribution in [3.63, 3.8) is 0 Å². The van der Waals surface area contributed by atoms with Crippen LogP contribution in [0, 0.1) is 5.92 Å². The van der Waals surface area contributed by atoms with Gasteiger partial charge in [-0.3, -0.25) is 4.68 Å². The van der Waals surface area contributed by atoms with Crippen molar-refractivity contribution in [2.45, 2.75) is 25.4 Å². The van der Waals surface area contributed by atoms with E-state index in [-0.39, 0.29) is 5.92 Å². The van der Waals surface area contributed by atoms with Crippen LogP contribution in [0.3, 0.4) is 0 Å². The molecule has 0 radical (unpaired) electrons. The number of nitrogens with zero attached hydrogens (tertiary/aromatic N) is 2. The summed E-state index contributed by atoms with van der Waals surface area (Å²) in [5, 5.41) is 7.34. The number of hydrogen-bond donors (Lipinski definition) is 1. The van der Waals surface area contributed by atoms with E-state index in [1.54, 1.807) is 24.9 Å². The molecule has 1 saturated heterocycles. The topological polar surface area (TPSA) is 29.9 Å². The van der Waals surface area contributed by atoms with Crippen molar-refractivity contribution in [1.82, 2.24) is 15.1 Å². The van der Waals surface area contributed by atoms with Crippen LogP contribution in [-0.2, 0) is 12.7 Å². The van der Waals surface area contributed by atoms with E-state index in [2.05, 4.69) is 26.3 Å². The molecule has 0 aromatic carbocycles. The van der Waals surface area contributed by atoms with Crippen molar-refractivity contribution in [2.24, 2.45) is 13.0 Å². The highest BCUT2D eigenvalue weighted by Crippen LogP contribution is 2.40. The minimum absolute atomic E-state index is 0.0212. The van der Waals surface area contributed by atoms with Gasteiger partial charge in [0, 0.05) is 19.5 Å². The van der Waals surface area contributed by atoms with Crippen LogP contribution in [0.15, 0.2) is 10.7 Å². The van der Waals surface area contributed by atoms with E-state index in [0.717, 1.165) is 30.4 Å². The molecular weight excluding hydrogens is 273 g/mol. The second-order valence-corrected chi connectivity index (χ2v) is 5.44. The number of aromatic nitrogens is 2. The van der Waals surface area contributed by atoms with Gasteiger partial charge in [0.25, 0.3) is 0 Å². The molecule has 1 N–H and O–H groups in total. The van der Waals surface area contributed by atoms with Gasteiger partial charge in [-0.05, 0) is 42.2 Å². The Bertz CT molecular complexity index is 350. The molecule has 1 fully saturated rings. The number of halogens is 2. The van der Waals surface area contributed by atoms with E-state index in [1.807, 2.05) is 0 Å². The second kappa shape index (κ2) is 4.45. The summed E-state index contributed by atoms with van der Waals surface area (Å²) in [4.78, 5) is 0. The van der Waals surface area contributed by atoms with Gasteiger partial charge >= 0.3 is 0 Å². The molecule has 0 spiro atoms. The van der Waals surface area contributed by atoms with E-state index in [1.165, 1.54) is 0 Å². The lowest BCUT2D eigenvalue weighted by Gasteiger charge is -2.34. The lowest BCUT2D eigenvalue weighted by Crippen LogP contribution is -2.41. The first-order valence-corrected chi connectivity index (χ1v) is 6.40. The van der Waals surface area contributed by atoms with E-state index in [9.17, 15) is 4.39 Å². The van der Waals surface area contributed by atoms with Gasteiger partial charge in [0.2, 0.25) is 0 Å². The first-order valence-electron chi connectivity index (χ1n) is 5.61. The van der Waals surface area contributed by atoms with Crippen LogP contribution in [0.4, 0.5) is 4.39 Å². The molecule has 1 aliphatic heterocycles. The number of aryl methyl sites for hydroxylation is 1. The van der Waals surface area contributed by atoms with Gasteiger partial charge in [-0.1, -0.05) is 0 Å². The quantitative estimate of drug-likeness (QED) is 0.906. The molecule has 1 aromatic heterocycles. The highest BCUT2D eigenvalue weighted by Gasteiger charge is 2.40. The third-order valence-corrected chi connectivity index (χ3v) is 4.00. The van der Waals surface area contributed by atoms with Gasteiger partial charge in [-0.2, -0.15) is 5.10 Å². The van der Waals surface area contributed by atoms with Crippen molar-refractivity contribution in [2.75, 3.05) is 13.1 Å². The Balaban J connectivity index is 2.29. The molecule has 2 unspecified atom stereocenters. The standard InChI is InChI=1S/C11H17BrFN3/c1-11(13,8-4-3-5-14-6-8)10-9(12)7-15-16(10)2/h7-8,14H,3-6H2,1-2H3. The van der Waals surface area contributed by atoms with Crippen LogP contribution in [0.1, 0.15) is 25.5 Å². The monoisotopic (exact) mass is 289 g/mol. The summed E-state index contributed by atoms with van der Waals surface area (Å²) >= 11 is 3.38. The molecular formula is C11H17BrFN3. The van der Waals surface area contributed by atoms with Crippen LogP contribution in [0.25, 0.3) is 0 Å². The van der Waals surface area contributed by atoms with Crippen LogP contribution in [0.5, 0.6) is 0 Å². The molecule has 0 saturated carbocycles. The fourth-order valence-corrected chi connectivity index (χ4v) is 3.20. The smallest absolute Gasteiger partial charge is 0.154 e. The fraction of sp³-hybridized carbons (Fsp3) is 0.727. The molecule has 1 aromatic rings. The third kappa shape index (κ3) is 2.02. The Morgan fingerprint density at radius 3 is 2.94 bits per heavy atom. The van der Waals surface area contributed by atoms with Crippen LogP contribution < -0.4 is 5.32 Å². The summed E-state index contributed by atoms with van der Waals surface area (Å²) in [6.07, 6.45) is 3.63. The first kappa shape index (κ1) is 12.0. The molecule has 0 amide bonds. The van der Waals surface area contributed by atoms with Crippen molar-refractivity contribution >= 4 is 15.9 Å². The van der Waals surface area contributed by atoms with Crippen molar-refractivity contribution in [3.8, 4) is 0 Å². The lowest BCUT2D eigenvalue weighted by atomic mass is 9.82. The maximum atomic E-state index is 14.9. The van der Waals surface area contributed by atoms with Crippen molar-refractivity contribution in [3.05, 3.63) is 16.4 Å². The molecule has 2 rings (SSSR count). The average Bonchev–Trinajstić information content (AvgIpc) is 2.60. The summed E-state index contributed by atoms with van der Waals surface area (Å²) in [6.45, 7) is 3.40. The highest BCUT2D eigenvalue weighted by molar-refractivity contribution is 9.10. The Hall–Kier alpha value is -0.420. The molecule has 90 valence electrons. The van der Waals surface area contributed by atoms with Crippen LogP contribution >= 0.6 is 15.9 Å². The normalized spacial score (nSPS) is 25.4. The van der Waals surface area contributed by atoms with Gasteiger partial charge < -0.3 is 5.32 Å². The van der Waals surface area contributed by atoms with Gasteiger partial charge in [0.1, 0.15) is 0 Å². The fourth-order valence-electron chi connectivity index (χ4n) is 2.47. The number of rotatable bonds is 2. The zero-order valence-electron chi connectivity index (χ0n) is 9.63. The van der Waals surface area contributed by atoms with E-state index in [0.29, 0.717) is 5.69 Å². The minimum Gasteiger partial charge on any atom is -0.316 e. The van der Waals surface area contributed by atoms with Crippen molar-refractivity contribution < 1.29 is 4.39 Å². The van der Waals surface area contributed by atoms with Gasteiger partial charge in [0.05, 0.1) is 16.4 Å². The van der Waals surface area contributed by atoms with Gasteiger partial charge in [-0.25, -0.2) is 4.39 Å². The Morgan fingerprint density at radius 2 is 2.44 bits per heavy atom. The first-order chi connectivity index (χ1) is 7.53. The predicted molar refractivity (Wildman–Crippen MR) is 65.0 cm³/mol. The lowest BCUT2D eigenvalue weighted by molar-refractivity contribution is 0.0716. The molecule has 0 bridgehead atoms. The summed E-state index contributed by atoms with van der Waals surface area (Å²) in [5.41, 5.74) is -0.696. The number of hydrogen-bond acceptors (Lipinski definition) is 2. The Labute approximate surface area is 104 Å². The maximum absolute atomic E-state index is 14.9. The maximum Gasteiger partial charge on any atom is 0.154 e. The summed E-state index contributed by atoms with van der Waals surface area (Å²) < 4.78 is 17.3. The number of nitrogens with one attached hydrogen (secondary N) is 1. The minimum atomic E-state index is -1.34. The second-order valence-electron chi connectivity index (χ2n) is 4.58. The van der Waals surface area contributed by atoms with Crippen molar-refractivity contribution in [1.29, 1.82) is 0 Å². The largest absolute Gasteiger partial charge is 0.316 e. The predicted octanol–water partition coefficient (Wildman–Crippen LogP) is 2.37. The van der Waals surface area contributed by atoms with E-state index < -0.39 is 5.67 Å². The molecule has 5 heteroatoms. The van der Waals surface area contributed by atoms with Gasteiger partial charge in [-0.15, -0.1) is 0 Å². The summed E-state index contributed by atoms with van der Waals surface area (Å²) in [6, 6.07) is 0. The summed E-state index contributed by atoms with van der Waals surface area (Å²) in [5.74, 6) is 0.0212. The van der Waals surface area contributed by atoms with Gasteiger partial charge in [0.15, 0.2) is 5.67 Å². The molecule has 2 heterocycles. The summed E-state index contributed by atoms with van der Waals surface area (Å²) in [7, 11) is 1.79. The van der Waals surface area contributed by atoms with Crippen LogP contribution in [-0.4, -0.2) is 22.9 Å². The Morgan fingerprint density at radius 1 is 1.69 bits per heavy atom. The SMILES string of the molecule is Cn1ncc(Br)c1C(C)(F)C1CCCNC1. The van der Waals surface area contributed by atoms with Crippen LogP contribution in [0.2, 0.25) is 0 Å². The molecule has 1 aliphatic rings. The zero-order chi connectivity index (χ0) is 11.8. The Kier molecular flexibility index (Phi) is 3.35. The number of alkyl halides is 1. The molecule has 16 heavy (non-hydrogen) atoms. The third-order valence-electron chi connectivity index (χ3n) is 3.42. The molecule has 2 atom stereocenters. The molecule has 0 aliphatic carbocycles. The highest BCUT2D eigenvalue weighted by atomic mass is 79.9.